The predicted octanol–water partition coefficient (Wildman–Crippen LogP) is 3.12. The minimum atomic E-state index is -0.506. The third kappa shape index (κ3) is 3.86. The Balaban J connectivity index is 3.18. The maximum atomic E-state index is 11.5. The molecule has 0 saturated heterocycles. The summed E-state index contributed by atoms with van der Waals surface area (Å²) < 4.78 is 4.66. The Kier molecular flexibility index (Phi) is 5.63. The molecule has 0 bridgehead atoms. The van der Waals surface area contributed by atoms with Gasteiger partial charge in [0, 0.05) is 22.8 Å². The number of carbonyl (C=O) groups is 1. The third-order valence-corrected chi connectivity index (χ3v) is 2.82. The lowest BCUT2D eigenvalue weighted by Crippen LogP contribution is -2.27. The number of hydrogen-bond donors (Lipinski definition) is 1. The standard InChI is InChI=1S/C13H18ClN3O2/c1-4-12(16-17(5-2)13(18)19-3)10-8-9(14)6-7-11(10)15/h6-8H,4-5,15H2,1-3H3/b16-12+. The number of nitrogen functional groups attached to an aromatic ring is 1. The van der Waals surface area contributed by atoms with Gasteiger partial charge in [-0.25, -0.2) is 4.79 Å². The topological polar surface area (TPSA) is 67.9 Å². The van der Waals surface area contributed by atoms with Crippen LogP contribution in [0.3, 0.4) is 0 Å². The van der Waals surface area contributed by atoms with E-state index in [0.29, 0.717) is 29.4 Å². The van der Waals surface area contributed by atoms with Gasteiger partial charge in [-0.05, 0) is 31.5 Å². The average Bonchev–Trinajstić information content (AvgIpc) is 2.42. The number of rotatable bonds is 4. The van der Waals surface area contributed by atoms with Crippen LogP contribution in [0.2, 0.25) is 5.02 Å². The molecule has 19 heavy (non-hydrogen) atoms. The van der Waals surface area contributed by atoms with Gasteiger partial charge in [0.1, 0.15) is 0 Å². The molecule has 6 heteroatoms. The van der Waals surface area contributed by atoms with Gasteiger partial charge in [-0.1, -0.05) is 18.5 Å². The van der Waals surface area contributed by atoms with E-state index in [2.05, 4.69) is 9.84 Å². The fraction of sp³-hybridized carbons (Fsp3) is 0.385. The number of halogens is 1. The highest BCUT2D eigenvalue weighted by atomic mass is 35.5. The van der Waals surface area contributed by atoms with Gasteiger partial charge >= 0.3 is 6.09 Å². The second kappa shape index (κ2) is 6.99. The van der Waals surface area contributed by atoms with Gasteiger partial charge in [0.15, 0.2) is 0 Å². The lowest BCUT2D eigenvalue weighted by molar-refractivity contribution is 0.127. The molecule has 2 N–H and O–H groups in total. The van der Waals surface area contributed by atoms with Gasteiger partial charge in [-0.15, -0.1) is 0 Å². The molecule has 0 aliphatic rings. The number of amides is 1. The summed E-state index contributed by atoms with van der Waals surface area (Å²) in [4.78, 5) is 11.5. The highest BCUT2D eigenvalue weighted by Gasteiger charge is 2.14. The molecule has 0 unspecified atom stereocenters. The van der Waals surface area contributed by atoms with Crippen molar-refractivity contribution in [1.82, 2.24) is 5.01 Å². The zero-order valence-corrected chi connectivity index (χ0v) is 12.1. The lowest BCUT2D eigenvalue weighted by atomic mass is 10.1. The Hall–Kier alpha value is -1.75. The van der Waals surface area contributed by atoms with E-state index in [0.717, 1.165) is 5.56 Å². The molecule has 1 aromatic rings. The molecule has 0 aliphatic heterocycles. The van der Waals surface area contributed by atoms with Crippen molar-refractivity contribution in [2.45, 2.75) is 20.3 Å². The van der Waals surface area contributed by atoms with Crippen molar-refractivity contribution >= 4 is 29.1 Å². The maximum Gasteiger partial charge on any atom is 0.430 e. The molecule has 5 nitrogen and oxygen atoms in total. The first-order valence-electron chi connectivity index (χ1n) is 6.01. The smallest absolute Gasteiger partial charge is 0.430 e. The number of carbonyl (C=O) groups excluding carboxylic acids is 1. The lowest BCUT2D eigenvalue weighted by Gasteiger charge is -2.16. The van der Waals surface area contributed by atoms with E-state index in [1.807, 2.05) is 13.8 Å². The van der Waals surface area contributed by atoms with Crippen LogP contribution in [0.5, 0.6) is 0 Å². The van der Waals surface area contributed by atoms with Crippen molar-refractivity contribution in [1.29, 1.82) is 0 Å². The normalized spacial score (nSPS) is 11.3. The Morgan fingerprint density at radius 3 is 2.68 bits per heavy atom. The van der Waals surface area contributed by atoms with Gasteiger partial charge in [0.2, 0.25) is 0 Å². The monoisotopic (exact) mass is 283 g/mol. The number of ether oxygens (including phenoxy) is 1. The zero-order chi connectivity index (χ0) is 14.4. The molecule has 0 spiro atoms. The first kappa shape index (κ1) is 15.3. The molecule has 0 atom stereocenters. The molecule has 0 radical (unpaired) electrons. The van der Waals surface area contributed by atoms with Gasteiger partial charge in [-0.3, -0.25) is 0 Å². The summed E-state index contributed by atoms with van der Waals surface area (Å²) in [5.74, 6) is 0. The predicted molar refractivity (Wildman–Crippen MR) is 77.5 cm³/mol. The summed E-state index contributed by atoms with van der Waals surface area (Å²) in [6.07, 6.45) is 0.118. The molecule has 1 aromatic carbocycles. The van der Waals surface area contributed by atoms with Crippen LogP contribution < -0.4 is 5.73 Å². The number of methoxy groups -OCH3 is 1. The molecule has 0 fully saturated rings. The highest BCUT2D eigenvalue weighted by Crippen LogP contribution is 2.20. The Morgan fingerprint density at radius 1 is 1.47 bits per heavy atom. The summed E-state index contributed by atoms with van der Waals surface area (Å²) in [5.41, 5.74) is 7.91. The van der Waals surface area contributed by atoms with Crippen molar-refractivity contribution < 1.29 is 9.53 Å². The molecule has 104 valence electrons. The number of nitrogens with two attached hydrogens (primary N) is 1. The average molecular weight is 284 g/mol. The third-order valence-electron chi connectivity index (χ3n) is 2.59. The second-order valence-electron chi connectivity index (χ2n) is 3.82. The molecule has 0 heterocycles. The van der Waals surface area contributed by atoms with Crippen LogP contribution in [0, 0.1) is 0 Å². The number of hydrazone groups is 1. The van der Waals surface area contributed by atoms with Gasteiger partial charge in [0.05, 0.1) is 12.8 Å². The van der Waals surface area contributed by atoms with E-state index in [9.17, 15) is 4.79 Å². The maximum absolute atomic E-state index is 11.5. The minimum Gasteiger partial charge on any atom is -0.451 e. The van der Waals surface area contributed by atoms with Crippen molar-refractivity contribution in [2.75, 3.05) is 19.4 Å². The second-order valence-corrected chi connectivity index (χ2v) is 4.25. The number of anilines is 1. The van der Waals surface area contributed by atoms with Crippen molar-refractivity contribution in [3.63, 3.8) is 0 Å². The highest BCUT2D eigenvalue weighted by molar-refractivity contribution is 6.31. The molecule has 1 rings (SSSR count). The van der Waals surface area contributed by atoms with Crippen molar-refractivity contribution in [3.8, 4) is 0 Å². The Bertz CT molecular complexity index is 489. The van der Waals surface area contributed by atoms with Crippen LogP contribution >= 0.6 is 11.6 Å². The zero-order valence-electron chi connectivity index (χ0n) is 11.3. The number of hydrogen-bond acceptors (Lipinski definition) is 4. The van der Waals surface area contributed by atoms with Crippen LogP contribution in [0.25, 0.3) is 0 Å². The SMILES string of the molecule is CC/C(=N\N(CC)C(=O)OC)c1cc(Cl)ccc1N. The minimum absolute atomic E-state index is 0.413. The van der Waals surface area contributed by atoms with Crippen LogP contribution in [0.1, 0.15) is 25.8 Å². The van der Waals surface area contributed by atoms with Crippen molar-refractivity contribution in [3.05, 3.63) is 28.8 Å². The molecule has 0 saturated carbocycles. The van der Waals surface area contributed by atoms with Gasteiger partial charge < -0.3 is 10.5 Å². The number of benzene rings is 1. The van der Waals surface area contributed by atoms with E-state index in [1.54, 1.807) is 18.2 Å². The summed E-state index contributed by atoms with van der Waals surface area (Å²) >= 11 is 5.96. The van der Waals surface area contributed by atoms with E-state index in [-0.39, 0.29) is 0 Å². The molecular weight excluding hydrogens is 266 g/mol. The first-order chi connectivity index (χ1) is 9.03. The summed E-state index contributed by atoms with van der Waals surface area (Å²) in [5, 5.41) is 6.12. The molecule has 0 aromatic heterocycles. The van der Waals surface area contributed by atoms with Crippen LogP contribution in [-0.4, -0.2) is 30.5 Å². The molecule has 0 aliphatic carbocycles. The fourth-order valence-corrected chi connectivity index (χ4v) is 1.76. The van der Waals surface area contributed by atoms with Crippen LogP contribution in [-0.2, 0) is 4.74 Å². The van der Waals surface area contributed by atoms with Crippen LogP contribution in [0.4, 0.5) is 10.5 Å². The summed E-state index contributed by atoms with van der Waals surface area (Å²) in [7, 11) is 1.32. The number of nitrogens with zero attached hydrogens (tertiary/aromatic N) is 2. The van der Waals surface area contributed by atoms with E-state index < -0.39 is 6.09 Å². The Labute approximate surface area is 118 Å². The summed E-state index contributed by atoms with van der Waals surface area (Å²) in [6, 6.07) is 5.17. The van der Waals surface area contributed by atoms with Crippen LogP contribution in [0.15, 0.2) is 23.3 Å². The van der Waals surface area contributed by atoms with E-state index in [4.69, 9.17) is 17.3 Å². The van der Waals surface area contributed by atoms with E-state index in [1.165, 1.54) is 12.1 Å². The fourth-order valence-electron chi connectivity index (χ4n) is 1.59. The van der Waals surface area contributed by atoms with Gasteiger partial charge in [-0.2, -0.15) is 10.1 Å². The summed E-state index contributed by atoms with van der Waals surface area (Å²) in [6.45, 7) is 4.16. The molecular formula is C13H18ClN3O2. The quantitative estimate of drug-likeness (QED) is 0.524. The largest absolute Gasteiger partial charge is 0.451 e. The van der Waals surface area contributed by atoms with Crippen molar-refractivity contribution in [2.24, 2.45) is 5.10 Å². The molecule has 1 amide bonds. The Morgan fingerprint density at radius 2 is 2.16 bits per heavy atom. The first-order valence-corrected chi connectivity index (χ1v) is 6.39. The van der Waals surface area contributed by atoms with Gasteiger partial charge in [0.25, 0.3) is 0 Å². The van der Waals surface area contributed by atoms with E-state index >= 15 is 0 Å².